The Labute approximate surface area is 119 Å². The Morgan fingerprint density at radius 1 is 1.32 bits per heavy atom. The number of benzene rings is 1. The molecule has 0 saturated carbocycles. The van der Waals surface area contributed by atoms with Gasteiger partial charge in [0.05, 0.1) is 15.5 Å². The van der Waals surface area contributed by atoms with Crippen LogP contribution < -0.4 is 10.5 Å². The van der Waals surface area contributed by atoms with Crippen molar-refractivity contribution in [2.24, 2.45) is 5.73 Å². The first kappa shape index (κ1) is 18.5. The van der Waals surface area contributed by atoms with Crippen LogP contribution in [0.1, 0.15) is 5.56 Å². The van der Waals surface area contributed by atoms with Crippen LogP contribution in [0, 0.1) is 0 Å². The Hall–Kier alpha value is -0.540. The first-order valence-corrected chi connectivity index (χ1v) is 6.61. The van der Waals surface area contributed by atoms with Crippen LogP contribution in [0.15, 0.2) is 23.1 Å². The zero-order valence-electron chi connectivity index (χ0n) is 9.37. The molecule has 0 heterocycles. The summed E-state index contributed by atoms with van der Waals surface area (Å²) < 4.78 is 62.9. The highest BCUT2D eigenvalue weighted by atomic mass is 35.5. The van der Waals surface area contributed by atoms with Crippen molar-refractivity contribution in [2.75, 3.05) is 13.1 Å². The summed E-state index contributed by atoms with van der Waals surface area (Å²) in [5.74, 6) is 0. The minimum absolute atomic E-state index is 0. The molecule has 1 aromatic carbocycles. The second kappa shape index (κ2) is 6.76. The van der Waals surface area contributed by atoms with E-state index in [9.17, 15) is 21.6 Å². The van der Waals surface area contributed by atoms with E-state index in [-0.39, 0.29) is 25.5 Å². The fourth-order valence-electron chi connectivity index (χ4n) is 1.17. The van der Waals surface area contributed by atoms with Crippen LogP contribution in [-0.4, -0.2) is 21.5 Å². The third-order valence-corrected chi connectivity index (χ3v) is 3.78. The highest BCUT2D eigenvalue weighted by Crippen LogP contribution is 2.35. The van der Waals surface area contributed by atoms with Crippen LogP contribution in [0.25, 0.3) is 0 Å². The molecule has 0 saturated heterocycles. The van der Waals surface area contributed by atoms with Crippen molar-refractivity contribution < 1.29 is 21.6 Å². The summed E-state index contributed by atoms with van der Waals surface area (Å²) in [6.07, 6.45) is -4.71. The molecule has 10 heteroatoms. The SMILES string of the molecule is Cl.NCCNS(=O)(=O)c1ccc(Cl)c(C(F)(F)F)c1. The maximum atomic E-state index is 12.5. The van der Waals surface area contributed by atoms with Gasteiger partial charge >= 0.3 is 6.18 Å². The first-order chi connectivity index (χ1) is 8.18. The van der Waals surface area contributed by atoms with Crippen molar-refractivity contribution in [3.05, 3.63) is 28.8 Å². The molecule has 1 aromatic rings. The molecule has 0 amide bonds. The second-order valence-electron chi connectivity index (χ2n) is 3.33. The van der Waals surface area contributed by atoms with Crippen molar-refractivity contribution in [1.29, 1.82) is 0 Å². The molecule has 0 unspecified atom stereocenters. The van der Waals surface area contributed by atoms with E-state index in [1.165, 1.54) is 0 Å². The highest BCUT2D eigenvalue weighted by molar-refractivity contribution is 7.89. The molecule has 0 aliphatic carbocycles. The zero-order chi connectivity index (χ0) is 14.0. The van der Waals surface area contributed by atoms with Crippen LogP contribution in [0.3, 0.4) is 0 Å². The summed E-state index contributed by atoms with van der Waals surface area (Å²) in [7, 11) is -4.01. The van der Waals surface area contributed by atoms with Gasteiger partial charge in [-0.05, 0) is 18.2 Å². The molecule has 0 spiro atoms. The fraction of sp³-hybridized carbons (Fsp3) is 0.333. The number of hydrogen-bond donors (Lipinski definition) is 2. The molecular weight excluding hydrogens is 328 g/mol. The summed E-state index contributed by atoms with van der Waals surface area (Å²) in [6.45, 7) is -0.0226. The lowest BCUT2D eigenvalue weighted by Crippen LogP contribution is -2.29. The van der Waals surface area contributed by atoms with Crippen molar-refractivity contribution >= 4 is 34.0 Å². The molecular formula is C9H11Cl2F3N2O2S. The lowest BCUT2D eigenvalue weighted by atomic mass is 10.2. The minimum atomic E-state index is -4.71. The quantitative estimate of drug-likeness (QED) is 0.882. The van der Waals surface area contributed by atoms with Crippen LogP contribution in [0.2, 0.25) is 5.02 Å². The topological polar surface area (TPSA) is 72.2 Å². The van der Waals surface area contributed by atoms with E-state index in [4.69, 9.17) is 17.3 Å². The van der Waals surface area contributed by atoms with E-state index in [1.807, 2.05) is 0 Å². The summed E-state index contributed by atoms with van der Waals surface area (Å²) in [6, 6.07) is 2.37. The lowest BCUT2D eigenvalue weighted by molar-refractivity contribution is -0.137. The molecule has 0 aliphatic heterocycles. The molecule has 0 radical (unpaired) electrons. The fourth-order valence-corrected chi connectivity index (χ4v) is 2.46. The minimum Gasteiger partial charge on any atom is -0.329 e. The van der Waals surface area contributed by atoms with Crippen molar-refractivity contribution in [3.63, 3.8) is 0 Å². The number of halogens is 5. The van der Waals surface area contributed by atoms with Crippen LogP contribution in [0.5, 0.6) is 0 Å². The van der Waals surface area contributed by atoms with E-state index >= 15 is 0 Å². The van der Waals surface area contributed by atoms with E-state index in [1.54, 1.807) is 0 Å². The van der Waals surface area contributed by atoms with E-state index in [2.05, 4.69) is 4.72 Å². The van der Waals surface area contributed by atoms with E-state index in [0.717, 1.165) is 12.1 Å². The normalized spacial score (nSPS) is 12.1. The van der Waals surface area contributed by atoms with E-state index in [0.29, 0.717) is 6.07 Å². The third kappa shape index (κ3) is 4.81. The maximum absolute atomic E-state index is 12.5. The molecule has 1 rings (SSSR count). The smallest absolute Gasteiger partial charge is 0.329 e. The Morgan fingerprint density at radius 3 is 2.37 bits per heavy atom. The lowest BCUT2D eigenvalue weighted by Gasteiger charge is -2.11. The van der Waals surface area contributed by atoms with Gasteiger partial charge in [0, 0.05) is 13.1 Å². The molecule has 0 atom stereocenters. The standard InChI is InChI=1S/C9H10ClF3N2O2S.ClH/c10-8-2-1-6(5-7(8)9(11,12)13)18(16,17)15-4-3-14;/h1-2,5,15H,3-4,14H2;1H. The van der Waals surface area contributed by atoms with E-state index < -0.39 is 31.7 Å². The van der Waals surface area contributed by atoms with Gasteiger partial charge in [-0.15, -0.1) is 12.4 Å². The molecule has 3 N–H and O–H groups in total. The molecule has 0 bridgehead atoms. The number of rotatable bonds is 4. The predicted octanol–water partition coefficient (Wildman–Crippen LogP) is 2.02. The number of nitrogens with two attached hydrogens (primary N) is 1. The molecule has 19 heavy (non-hydrogen) atoms. The van der Waals surface area contributed by atoms with Gasteiger partial charge in [-0.1, -0.05) is 11.6 Å². The van der Waals surface area contributed by atoms with Crippen molar-refractivity contribution in [1.82, 2.24) is 4.72 Å². The van der Waals surface area contributed by atoms with Crippen LogP contribution in [-0.2, 0) is 16.2 Å². The first-order valence-electron chi connectivity index (χ1n) is 4.75. The largest absolute Gasteiger partial charge is 0.417 e. The van der Waals surface area contributed by atoms with Gasteiger partial charge in [-0.2, -0.15) is 13.2 Å². The summed E-state index contributed by atoms with van der Waals surface area (Å²) in [4.78, 5) is -0.507. The Kier molecular flexibility index (Phi) is 6.56. The molecule has 0 aromatic heterocycles. The summed E-state index contributed by atoms with van der Waals surface area (Å²) >= 11 is 5.38. The van der Waals surface area contributed by atoms with Gasteiger partial charge in [-0.25, -0.2) is 13.1 Å². The maximum Gasteiger partial charge on any atom is 0.417 e. The molecule has 4 nitrogen and oxygen atoms in total. The number of hydrogen-bond acceptors (Lipinski definition) is 3. The summed E-state index contributed by atoms with van der Waals surface area (Å²) in [5.41, 5.74) is 3.91. The Morgan fingerprint density at radius 2 is 1.89 bits per heavy atom. The summed E-state index contributed by atoms with van der Waals surface area (Å²) in [5, 5.41) is -0.555. The monoisotopic (exact) mass is 338 g/mol. The zero-order valence-corrected chi connectivity index (χ0v) is 11.8. The number of alkyl halides is 3. The van der Waals surface area contributed by atoms with Gasteiger partial charge in [-0.3, -0.25) is 0 Å². The Balaban J connectivity index is 0.00000324. The second-order valence-corrected chi connectivity index (χ2v) is 5.50. The average Bonchev–Trinajstić information content (AvgIpc) is 2.25. The van der Waals surface area contributed by atoms with Crippen molar-refractivity contribution in [2.45, 2.75) is 11.1 Å². The highest BCUT2D eigenvalue weighted by Gasteiger charge is 2.34. The molecule has 0 fully saturated rings. The van der Waals surface area contributed by atoms with Crippen LogP contribution in [0.4, 0.5) is 13.2 Å². The van der Waals surface area contributed by atoms with Gasteiger partial charge in [0.2, 0.25) is 10.0 Å². The van der Waals surface area contributed by atoms with Crippen LogP contribution >= 0.6 is 24.0 Å². The predicted molar refractivity (Wildman–Crippen MR) is 67.9 cm³/mol. The van der Waals surface area contributed by atoms with Gasteiger partial charge < -0.3 is 5.73 Å². The number of sulfonamides is 1. The van der Waals surface area contributed by atoms with Gasteiger partial charge in [0.25, 0.3) is 0 Å². The van der Waals surface area contributed by atoms with Gasteiger partial charge in [0.1, 0.15) is 0 Å². The van der Waals surface area contributed by atoms with Gasteiger partial charge in [0.15, 0.2) is 0 Å². The molecule has 110 valence electrons. The average molecular weight is 339 g/mol. The molecule has 0 aliphatic rings. The van der Waals surface area contributed by atoms with Crippen molar-refractivity contribution in [3.8, 4) is 0 Å². The third-order valence-electron chi connectivity index (χ3n) is 1.99. The number of nitrogens with one attached hydrogen (secondary N) is 1. The Bertz CT molecular complexity index is 535.